The molecular formula is C12H17ClN4O. The molecule has 1 unspecified atom stereocenters. The molecule has 6 heteroatoms. The Balaban J connectivity index is 2.11. The molecule has 1 aromatic rings. The van der Waals surface area contributed by atoms with E-state index in [2.05, 4.69) is 21.9 Å². The molecule has 0 N–H and O–H groups in total. The molecule has 0 aliphatic carbocycles. The van der Waals surface area contributed by atoms with E-state index >= 15 is 0 Å². The van der Waals surface area contributed by atoms with Crippen molar-refractivity contribution in [2.45, 2.75) is 6.42 Å². The topological polar surface area (TPSA) is 49.3 Å². The van der Waals surface area contributed by atoms with Gasteiger partial charge in [-0.1, -0.05) is 11.6 Å². The van der Waals surface area contributed by atoms with Crippen LogP contribution in [0, 0.1) is 5.92 Å². The molecule has 2 heterocycles. The third kappa shape index (κ3) is 2.79. The molecule has 98 valence electrons. The van der Waals surface area contributed by atoms with E-state index in [1.165, 1.54) is 12.7 Å². The van der Waals surface area contributed by atoms with Crippen molar-refractivity contribution in [3.63, 3.8) is 0 Å². The number of aldehydes is 1. The number of aromatic nitrogens is 2. The van der Waals surface area contributed by atoms with E-state index in [-0.39, 0.29) is 5.15 Å². The first-order chi connectivity index (χ1) is 8.61. The molecule has 0 spiro atoms. The Morgan fingerprint density at radius 3 is 3.00 bits per heavy atom. The Bertz CT molecular complexity index is 440. The lowest BCUT2D eigenvalue weighted by molar-refractivity contribution is 0.112. The summed E-state index contributed by atoms with van der Waals surface area (Å²) < 4.78 is 0. The van der Waals surface area contributed by atoms with Crippen LogP contribution >= 0.6 is 11.6 Å². The number of halogens is 1. The molecule has 0 radical (unpaired) electrons. The molecule has 1 atom stereocenters. The second-order valence-electron chi connectivity index (χ2n) is 4.82. The van der Waals surface area contributed by atoms with Crippen LogP contribution in [0.5, 0.6) is 0 Å². The standard InChI is InChI=1S/C12H17ClN4O/c1-16-4-3-9(5-16)6-17(2)12-10(7-18)11(13)14-8-15-12/h7-9H,3-6H2,1-2H3. The Morgan fingerprint density at radius 1 is 1.61 bits per heavy atom. The molecule has 2 rings (SSSR count). The SMILES string of the molecule is CN1CCC(CN(C)c2ncnc(Cl)c2C=O)C1. The number of likely N-dealkylation sites (tertiary alicyclic amines) is 1. The highest BCUT2D eigenvalue weighted by Crippen LogP contribution is 2.23. The molecule has 18 heavy (non-hydrogen) atoms. The summed E-state index contributed by atoms with van der Waals surface area (Å²) in [5.74, 6) is 1.22. The summed E-state index contributed by atoms with van der Waals surface area (Å²) in [4.78, 5) is 23.3. The molecule has 1 aliphatic rings. The average molecular weight is 269 g/mol. The van der Waals surface area contributed by atoms with Gasteiger partial charge in [-0.25, -0.2) is 9.97 Å². The van der Waals surface area contributed by atoms with Gasteiger partial charge in [0.1, 0.15) is 17.3 Å². The zero-order chi connectivity index (χ0) is 13.1. The van der Waals surface area contributed by atoms with Crippen molar-refractivity contribution in [3.05, 3.63) is 17.0 Å². The Labute approximate surface area is 112 Å². The number of nitrogens with zero attached hydrogens (tertiary/aromatic N) is 4. The van der Waals surface area contributed by atoms with Crippen LogP contribution < -0.4 is 4.90 Å². The van der Waals surface area contributed by atoms with E-state index in [0.29, 0.717) is 17.3 Å². The van der Waals surface area contributed by atoms with E-state index in [1.54, 1.807) is 0 Å². The molecule has 1 fully saturated rings. The van der Waals surface area contributed by atoms with Crippen molar-refractivity contribution in [1.82, 2.24) is 14.9 Å². The summed E-state index contributed by atoms with van der Waals surface area (Å²) in [5.41, 5.74) is 0.369. The fourth-order valence-corrected chi connectivity index (χ4v) is 2.59. The molecule has 0 saturated carbocycles. The van der Waals surface area contributed by atoms with Gasteiger partial charge in [-0.15, -0.1) is 0 Å². The first-order valence-electron chi connectivity index (χ1n) is 5.97. The molecule has 5 nitrogen and oxygen atoms in total. The number of rotatable bonds is 4. The highest BCUT2D eigenvalue weighted by molar-refractivity contribution is 6.32. The lowest BCUT2D eigenvalue weighted by Gasteiger charge is -2.23. The van der Waals surface area contributed by atoms with Crippen molar-refractivity contribution in [2.75, 3.05) is 38.6 Å². The normalized spacial score (nSPS) is 20.1. The summed E-state index contributed by atoms with van der Waals surface area (Å²) in [6, 6.07) is 0. The van der Waals surface area contributed by atoms with Crippen molar-refractivity contribution in [2.24, 2.45) is 5.92 Å². The lowest BCUT2D eigenvalue weighted by Crippen LogP contribution is -2.28. The second-order valence-corrected chi connectivity index (χ2v) is 5.18. The largest absolute Gasteiger partial charge is 0.359 e. The van der Waals surface area contributed by atoms with Gasteiger partial charge in [0.05, 0.1) is 5.56 Å². The summed E-state index contributed by atoms with van der Waals surface area (Å²) >= 11 is 5.90. The van der Waals surface area contributed by atoms with Gasteiger partial charge >= 0.3 is 0 Å². The Hall–Kier alpha value is -1.20. The smallest absolute Gasteiger partial charge is 0.156 e. The van der Waals surface area contributed by atoms with E-state index in [1.807, 2.05) is 11.9 Å². The van der Waals surface area contributed by atoms with Gasteiger partial charge in [0.2, 0.25) is 0 Å². The van der Waals surface area contributed by atoms with E-state index in [0.717, 1.165) is 25.9 Å². The van der Waals surface area contributed by atoms with Gasteiger partial charge in [0, 0.05) is 20.1 Å². The number of carbonyl (C=O) groups excluding carboxylic acids is 1. The van der Waals surface area contributed by atoms with Crippen LogP contribution in [0.1, 0.15) is 16.8 Å². The summed E-state index contributed by atoms with van der Waals surface area (Å²) in [6.45, 7) is 3.08. The summed E-state index contributed by atoms with van der Waals surface area (Å²) in [7, 11) is 4.06. The Kier molecular flexibility index (Phi) is 4.14. The average Bonchev–Trinajstić information content (AvgIpc) is 2.74. The summed E-state index contributed by atoms with van der Waals surface area (Å²) in [6.07, 6.45) is 3.28. The van der Waals surface area contributed by atoms with E-state index in [9.17, 15) is 4.79 Å². The van der Waals surface area contributed by atoms with Gasteiger partial charge < -0.3 is 9.80 Å². The Morgan fingerprint density at radius 2 is 2.39 bits per heavy atom. The van der Waals surface area contributed by atoms with E-state index < -0.39 is 0 Å². The highest BCUT2D eigenvalue weighted by Gasteiger charge is 2.22. The fraction of sp³-hybridized carbons (Fsp3) is 0.583. The minimum atomic E-state index is 0.213. The maximum Gasteiger partial charge on any atom is 0.156 e. The van der Waals surface area contributed by atoms with Crippen molar-refractivity contribution < 1.29 is 4.79 Å². The van der Waals surface area contributed by atoms with Crippen molar-refractivity contribution in [1.29, 1.82) is 0 Å². The third-order valence-electron chi connectivity index (χ3n) is 3.31. The number of hydrogen-bond acceptors (Lipinski definition) is 5. The molecule has 1 aliphatic heterocycles. The second kappa shape index (κ2) is 5.63. The zero-order valence-corrected chi connectivity index (χ0v) is 11.4. The van der Waals surface area contributed by atoms with Crippen molar-refractivity contribution >= 4 is 23.7 Å². The van der Waals surface area contributed by atoms with Crippen LogP contribution in [0.4, 0.5) is 5.82 Å². The maximum atomic E-state index is 11.0. The first kappa shape index (κ1) is 13.2. The van der Waals surface area contributed by atoms with Crippen LogP contribution in [0.25, 0.3) is 0 Å². The van der Waals surface area contributed by atoms with E-state index in [4.69, 9.17) is 11.6 Å². The first-order valence-corrected chi connectivity index (χ1v) is 6.35. The summed E-state index contributed by atoms with van der Waals surface area (Å²) in [5, 5.41) is 0.213. The molecule has 0 aromatic carbocycles. The predicted octanol–water partition coefficient (Wildman–Crippen LogP) is 1.33. The van der Waals surface area contributed by atoms with Gasteiger partial charge in [-0.2, -0.15) is 0 Å². The molecule has 0 bridgehead atoms. The minimum absolute atomic E-state index is 0.213. The van der Waals surface area contributed by atoms with Crippen LogP contribution in [0.15, 0.2) is 6.33 Å². The fourth-order valence-electron chi connectivity index (χ4n) is 2.42. The minimum Gasteiger partial charge on any atom is -0.359 e. The van der Waals surface area contributed by atoms with Gasteiger partial charge in [-0.05, 0) is 25.9 Å². The monoisotopic (exact) mass is 268 g/mol. The van der Waals surface area contributed by atoms with Crippen molar-refractivity contribution in [3.8, 4) is 0 Å². The molecular weight excluding hydrogens is 252 g/mol. The van der Waals surface area contributed by atoms with Gasteiger partial charge in [-0.3, -0.25) is 4.79 Å². The van der Waals surface area contributed by atoms with Gasteiger partial charge in [0.15, 0.2) is 6.29 Å². The molecule has 0 amide bonds. The molecule has 1 aromatic heterocycles. The van der Waals surface area contributed by atoms with Crippen LogP contribution in [-0.4, -0.2) is 54.9 Å². The number of anilines is 1. The third-order valence-corrected chi connectivity index (χ3v) is 3.62. The molecule has 1 saturated heterocycles. The highest BCUT2D eigenvalue weighted by atomic mass is 35.5. The van der Waals surface area contributed by atoms with Crippen LogP contribution in [-0.2, 0) is 0 Å². The lowest BCUT2D eigenvalue weighted by atomic mass is 10.1. The number of carbonyl (C=O) groups is 1. The number of hydrogen-bond donors (Lipinski definition) is 0. The van der Waals surface area contributed by atoms with Crippen LogP contribution in [0.3, 0.4) is 0 Å². The van der Waals surface area contributed by atoms with Crippen LogP contribution in [0.2, 0.25) is 5.15 Å². The predicted molar refractivity (Wildman–Crippen MR) is 71.3 cm³/mol. The maximum absolute atomic E-state index is 11.0. The van der Waals surface area contributed by atoms with Gasteiger partial charge in [0.25, 0.3) is 0 Å². The zero-order valence-electron chi connectivity index (χ0n) is 10.6. The quantitative estimate of drug-likeness (QED) is 0.609.